The molecule has 0 atom stereocenters. The SMILES string of the molecule is CCN(C)C=Nc1cc(C)c(N(C)Cc2c(F)cccc2Cl)cc1Cl. The summed E-state index contributed by atoms with van der Waals surface area (Å²) < 4.78 is 14.0. The summed E-state index contributed by atoms with van der Waals surface area (Å²) in [6, 6.07) is 8.48. The van der Waals surface area contributed by atoms with Crippen LogP contribution in [0.3, 0.4) is 0 Å². The molecule has 2 aromatic rings. The van der Waals surface area contributed by atoms with E-state index < -0.39 is 0 Å². The molecule has 0 aliphatic carbocycles. The molecular formula is C19H22Cl2FN3. The molecule has 0 unspecified atom stereocenters. The van der Waals surface area contributed by atoms with Gasteiger partial charge in [-0.25, -0.2) is 9.38 Å². The lowest BCUT2D eigenvalue weighted by Crippen LogP contribution is -2.18. The van der Waals surface area contributed by atoms with E-state index >= 15 is 0 Å². The van der Waals surface area contributed by atoms with Crippen molar-refractivity contribution in [3.63, 3.8) is 0 Å². The van der Waals surface area contributed by atoms with E-state index in [1.807, 2.05) is 49.9 Å². The first-order valence-corrected chi connectivity index (χ1v) is 8.77. The Kier molecular flexibility index (Phi) is 6.68. The van der Waals surface area contributed by atoms with Crippen molar-refractivity contribution < 1.29 is 4.39 Å². The number of nitrogens with zero attached hydrogens (tertiary/aromatic N) is 3. The van der Waals surface area contributed by atoms with Gasteiger partial charge < -0.3 is 9.80 Å². The molecule has 0 radical (unpaired) electrons. The monoisotopic (exact) mass is 381 g/mol. The molecule has 25 heavy (non-hydrogen) atoms. The molecular weight excluding hydrogens is 360 g/mol. The minimum atomic E-state index is -0.313. The number of anilines is 1. The van der Waals surface area contributed by atoms with Gasteiger partial charge >= 0.3 is 0 Å². The molecule has 0 saturated heterocycles. The first-order valence-electron chi connectivity index (χ1n) is 8.02. The topological polar surface area (TPSA) is 18.8 Å². The highest BCUT2D eigenvalue weighted by atomic mass is 35.5. The molecule has 0 saturated carbocycles. The molecule has 0 heterocycles. The summed E-state index contributed by atoms with van der Waals surface area (Å²) in [6.45, 7) is 5.24. The van der Waals surface area contributed by atoms with Crippen LogP contribution in [-0.2, 0) is 6.54 Å². The van der Waals surface area contributed by atoms with Crippen molar-refractivity contribution in [2.24, 2.45) is 4.99 Å². The van der Waals surface area contributed by atoms with Gasteiger partial charge in [-0.3, -0.25) is 0 Å². The fourth-order valence-electron chi connectivity index (χ4n) is 2.41. The summed E-state index contributed by atoms with van der Waals surface area (Å²) >= 11 is 12.5. The van der Waals surface area contributed by atoms with E-state index in [9.17, 15) is 4.39 Å². The van der Waals surface area contributed by atoms with Gasteiger partial charge in [-0.2, -0.15) is 0 Å². The van der Waals surface area contributed by atoms with Crippen molar-refractivity contribution >= 4 is 40.9 Å². The molecule has 0 spiro atoms. The fourth-order valence-corrected chi connectivity index (χ4v) is 2.84. The van der Waals surface area contributed by atoms with Crippen LogP contribution in [0.25, 0.3) is 0 Å². The van der Waals surface area contributed by atoms with E-state index in [1.165, 1.54) is 6.07 Å². The average Bonchev–Trinajstić information content (AvgIpc) is 2.58. The predicted molar refractivity (Wildman–Crippen MR) is 106 cm³/mol. The van der Waals surface area contributed by atoms with Crippen molar-refractivity contribution in [1.82, 2.24) is 4.90 Å². The summed E-state index contributed by atoms with van der Waals surface area (Å²) in [6.07, 6.45) is 1.75. The Morgan fingerprint density at radius 1 is 1.16 bits per heavy atom. The number of halogens is 3. The van der Waals surface area contributed by atoms with E-state index in [0.29, 0.717) is 27.8 Å². The highest BCUT2D eigenvalue weighted by Gasteiger charge is 2.13. The minimum absolute atomic E-state index is 0.313. The molecule has 3 nitrogen and oxygen atoms in total. The molecule has 0 aliphatic rings. The van der Waals surface area contributed by atoms with Crippen LogP contribution in [0.5, 0.6) is 0 Å². The van der Waals surface area contributed by atoms with Gasteiger partial charge in [-0.1, -0.05) is 29.3 Å². The maximum absolute atomic E-state index is 14.0. The lowest BCUT2D eigenvalue weighted by Gasteiger charge is -2.23. The van der Waals surface area contributed by atoms with Crippen LogP contribution in [0.2, 0.25) is 10.0 Å². The predicted octanol–water partition coefficient (Wildman–Crippen LogP) is 5.69. The smallest absolute Gasteiger partial charge is 0.129 e. The quantitative estimate of drug-likeness (QED) is 0.472. The molecule has 6 heteroatoms. The van der Waals surface area contributed by atoms with Crippen molar-refractivity contribution in [3.05, 3.63) is 57.3 Å². The number of benzene rings is 2. The second-order valence-electron chi connectivity index (χ2n) is 5.96. The highest BCUT2D eigenvalue weighted by Crippen LogP contribution is 2.33. The number of aliphatic imine (C=N–C) groups is 1. The Bertz CT molecular complexity index is 757. The maximum Gasteiger partial charge on any atom is 0.129 e. The van der Waals surface area contributed by atoms with Crippen LogP contribution in [0.1, 0.15) is 18.1 Å². The molecule has 134 valence electrons. The Balaban J connectivity index is 2.27. The van der Waals surface area contributed by atoms with Crippen molar-refractivity contribution in [1.29, 1.82) is 0 Å². The lowest BCUT2D eigenvalue weighted by molar-refractivity contribution is 0.552. The summed E-state index contributed by atoms with van der Waals surface area (Å²) in [4.78, 5) is 8.31. The summed E-state index contributed by atoms with van der Waals surface area (Å²) in [7, 11) is 3.83. The third-order valence-corrected chi connectivity index (χ3v) is 4.68. The Morgan fingerprint density at radius 3 is 2.52 bits per heavy atom. The van der Waals surface area contributed by atoms with Gasteiger partial charge in [0.1, 0.15) is 5.82 Å². The average molecular weight is 382 g/mol. The van der Waals surface area contributed by atoms with Crippen molar-refractivity contribution in [2.45, 2.75) is 20.4 Å². The standard InChI is InChI=1S/C19H22Cl2FN3/c1-5-24(3)12-23-18-9-13(2)19(10-16(18)21)25(4)11-14-15(20)7-6-8-17(14)22/h6-10,12H,5,11H2,1-4H3. The molecule has 2 aromatic carbocycles. The fraction of sp³-hybridized carbons (Fsp3) is 0.316. The zero-order valence-electron chi connectivity index (χ0n) is 14.9. The van der Waals surface area contributed by atoms with Crippen molar-refractivity contribution in [3.8, 4) is 0 Å². The largest absolute Gasteiger partial charge is 0.370 e. The molecule has 0 aromatic heterocycles. The van der Waals surface area contributed by atoms with Gasteiger partial charge in [0.05, 0.1) is 17.0 Å². The zero-order valence-corrected chi connectivity index (χ0v) is 16.4. The van der Waals surface area contributed by atoms with E-state index in [4.69, 9.17) is 23.2 Å². The Labute approximate surface area is 158 Å². The van der Waals surface area contributed by atoms with Gasteiger partial charge in [-0.15, -0.1) is 0 Å². The van der Waals surface area contributed by atoms with Gasteiger partial charge in [0, 0.05) is 43.5 Å². The van der Waals surface area contributed by atoms with Gasteiger partial charge in [-0.05, 0) is 43.7 Å². The minimum Gasteiger partial charge on any atom is -0.370 e. The molecule has 0 amide bonds. The van der Waals surface area contributed by atoms with E-state index in [-0.39, 0.29) is 5.82 Å². The van der Waals surface area contributed by atoms with Crippen LogP contribution in [0.4, 0.5) is 15.8 Å². The van der Waals surface area contributed by atoms with Crippen LogP contribution in [-0.4, -0.2) is 31.9 Å². The van der Waals surface area contributed by atoms with Gasteiger partial charge in [0.15, 0.2) is 0 Å². The normalized spacial score (nSPS) is 11.2. The second kappa shape index (κ2) is 8.54. The number of rotatable bonds is 6. The zero-order chi connectivity index (χ0) is 18.6. The van der Waals surface area contributed by atoms with Gasteiger partial charge in [0.2, 0.25) is 0 Å². The van der Waals surface area contributed by atoms with E-state index in [0.717, 1.165) is 17.8 Å². The number of hydrogen-bond donors (Lipinski definition) is 0. The number of hydrogen-bond acceptors (Lipinski definition) is 2. The Hall–Kier alpha value is -1.78. The van der Waals surface area contributed by atoms with E-state index in [2.05, 4.69) is 4.99 Å². The summed E-state index contributed by atoms with van der Waals surface area (Å²) in [5, 5.41) is 0.965. The summed E-state index contributed by atoms with van der Waals surface area (Å²) in [5.41, 5.74) is 3.09. The Morgan fingerprint density at radius 2 is 1.88 bits per heavy atom. The molecule has 2 rings (SSSR count). The lowest BCUT2D eigenvalue weighted by atomic mass is 10.1. The number of aryl methyl sites for hydroxylation is 1. The highest BCUT2D eigenvalue weighted by molar-refractivity contribution is 6.33. The third kappa shape index (κ3) is 4.86. The first-order chi connectivity index (χ1) is 11.8. The second-order valence-corrected chi connectivity index (χ2v) is 6.78. The first kappa shape index (κ1) is 19.5. The van der Waals surface area contributed by atoms with Crippen LogP contribution in [0, 0.1) is 12.7 Å². The van der Waals surface area contributed by atoms with Crippen molar-refractivity contribution in [2.75, 3.05) is 25.5 Å². The third-order valence-electron chi connectivity index (χ3n) is 4.03. The van der Waals surface area contributed by atoms with Crippen LogP contribution < -0.4 is 4.90 Å². The summed E-state index contributed by atoms with van der Waals surface area (Å²) in [5.74, 6) is -0.313. The van der Waals surface area contributed by atoms with Gasteiger partial charge in [0.25, 0.3) is 0 Å². The molecule has 0 bridgehead atoms. The molecule has 0 N–H and O–H groups in total. The van der Waals surface area contributed by atoms with Crippen LogP contribution in [0.15, 0.2) is 35.3 Å². The van der Waals surface area contributed by atoms with Crippen LogP contribution >= 0.6 is 23.2 Å². The molecule has 0 aliphatic heterocycles. The van der Waals surface area contributed by atoms with E-state index in [1.54, 1.807) is 18.5 Å². The molecule has 0 fully saturated rings. The maximum atomic E-state index is 14.0.